The van der Waals surface area contributed by atoms with Crippen LogP contribution in [0.3, 0.4) is 0 Å². The molecule has 0 rings (SSSR count). The number of hydrogen-bond acceptors (Lipinski definition) is 8. The van der Waals surface area contributed by atoms with Gasteiger partial charge in [-0.2, -0.15) is 20.2 Å². The highest BCUT2D eigenvalue weighted by Crippen LogP contribution is 2.14. The zero-order valence-corrected chi connectivity index (χ0v) is 20.0. The molecule has 4 N–H and O–H groups in total. The molecule has 0 heterocycles. The maximum Gasteiger partial charge on any atom is 0.500 e. The number of hydrogen-bond donors (Lipinski definition) is 4. The highest BCUT2D eigenvalue weighted by molar-refractivity contribution is 7.99. The molecule has 29 heavy (non-hydrogen) atoms. The van der Waals surface area contributed by atoms with Crippen LogP contribution in [0.4, 0.5) is 4.79 Å². The lowest BCUT2D eigenvalue weighted by atomic mass is 10.2. The number of urea groups is 1. The van der Waals surface area contributed by atoms with Gasteiger partial charge in [0.25, 0.3) is 10.1 Å². The predicted molar refractivity (Wildman–Crippen MR) is 114 cm³/mol. The van der Waals surface area contributed by atoms with Crippen LogP contribution in [0.15, 0.2) is 0 Å². The van der Waals surface area contributed by atoms with Gasteiger partial charge in [0.2, 0.25) is 5.91 Å². The summed E-state index contributed by atoms with van der Waals surface area (Å²) >= 11 is 1.50. The topological polar surface area (TPSA) is 152 Å². The third-order valence-corrected chi connectivity index (χ3v) is 8.67. The smallest absolute Gasteiger partial charge is 0.377 e. The van der Waals surface area contributed by atoms with Crippen LogP contribution >= 0.6 is 11.8 Å². The van der Waals surface area contributed by atoms with Gasteiger partial charge in [-0.05, 0) is 6.42 Å². The predicted octanol–water partition coefficient (Wildman–Crippen LogP) is -0.0729. The van der Waals surface area contributed by atoms with Crippen LogP contribution < -0.4 is 16.0 Å². The zero-order chi connectivity index (χ0) is 22.3. The van der Waals surface area contributed by atoms with Crippen LogP contribution in [-0.4, -0.2) is 91.9 Å². The van der Waals surface area contributed by atoms with Gasteiger partial charge >= 0.3 is 14.8 Å². The normalized spacial score (nSPS) is 13.0. The van der Waals surface area contributed by atoms with Gasteiger partial charge < -0.3 is 29.2 Å². The average Bonchev–Trinajstić information content (AvgIpc) is 2.67. The number of carbonyl (C=O) groups excluding carboxylic acids is 2. The van der Waals surface area contributed by atoms with Crippen molar-refractivity contribution < 1.29 is 35.8 Å². The highest BCUT2D eigenvalue weighted by atomic mass is 32.2. The molecule has 11 nitrogen and oxygen atoms in total. The summed E-state index contributed by atoms with van der Waals surface area (Å²) in [5, 5.41) is 7.93. The van der Waals surface area contributed by atoms with Crippen LogP contribution in [0.25, 0.3) is 0 Å². The second-order valence-electron chi connectivity index (χ2n) is 6.13. The molecule has 0 aromatic heterocycles. The summed E-state index contributed by atoms with van der Waals surface area (Å²) in [6.45, 7) is 2.50. The van der Waals surface area contributed by atoms with Gasteiger partial charge in [-0.15, -0.1) is 0 Å². The Morgan fingerprint density at radius 1 is 1.03 bits per heavy atom. The minimum Gasteiger partial charge on any atom is -0.377 e. The molecule has 0 bridgehead atoms. The van der Waals surface area contributed by atoms with Crippen molar-refractivity contribution in [2.24, 2.45) is 5.92 Å². The first-order valence-corrected chi connectivity index (χ1v) is 13.8. The third kappa shape index (κ3) is 13.9. The van der Waals surface area contributed by atoms with Crippen LogP contribution in [0, 0.1) is 5.92 Å². The van der Waals surface area contributed by atoms with E-state index in [1.54, 1.807) is 28.3 Å². The molecule has 0 saturated heterocycles. The second-order valence-corrected chi connectivity index (χ2v) is 11.9. The molecule has 1 atom stereocenters. The van der Waals surface area contributed by atoms with Gasteiger partial charge in [-0.1, -0.05) is 6.92 Å². The fourth-order valence-corrected chi connectivity index (χ4v) is 5.18. The van der Waals surface area contributed by atoms with Crippen molar-refractivity contribution in [3.05, 3.63) is 0 Å². The van der Waals surface area contributed by atoms with Crippen LogP contribution in [0.1, 0.15) is 13.3 Å². The molecular weight excluding hydrogens is 442 g/mol. The van der Waals surface area contributed by atoms with E-state index in [2.05, 4.69) is 16.0 Å². The van der Waals surface area contributed by atoms with Crippen molar-refractivity contribution in [2.75, 3.05) is 58.2 Å². The molecule has 1 unspecified atom stereocenters. The molecule has 172 valence electrons. The first kappa shape index (κ1) is 28.1. The van der Waals surface area contributed by atoms with Crippen LogP contribution in [-0.2, 0) is 28.2 Å². The number of carbonyl (C=O) groups is 2. The summed E-state index contributed by atoms with van der Waals surface area (Å²) < 4.78 is 45.7. The summed E-state index contributed by atoms with van der Waals surface area (Å²) in [5.41, 5.74) is 0. The number of nitrogens with one attached hydrogen (secondary N) is 3. The van der Waals surface area contributed by atoms with E-state index in [-0.39, 0.29) is 24.4 Å². The summed E-state index contributed by atoms with van der Waals surface area (Å²) in [4.78, 5) is 23.5. The van der Waals surface area contributed by atoms with Crippen molar-refractivity contribution in [2.45, 2.75) is 19.4 Å². The maximum absolute atomic E-state index is 11.8. The maximum atomic E-state index is 11.8. The minimum absolute atomic E-state index is 0.128. The molecule has 14 heteroatoms. The van der Waals surface area contributed by atoms with E-state index in [9.17, 15) is 18.0 Å². The van der Waals surface area contributed by atoms with Gasteiger partial charge in [-0.3, -0.25) is 9.35 Å². The standard InChI is InChI=1S/C15H33N3O8S2Si/c1-13(14(19)16-8-10-28(21,22)23)12-27-9-7-18-15(20)17-6-5-11-29(24-2,25-3)26-4/h13H,5-12H2,1-4H3,(H,16,19)(H2,17,18,20)(H,21,22,23). The van der Waals surface area contributed by atoms with Crippen molar-refractivity contribution in [3.63, 3.8) is 0 Å². The van der Waals surface area contributed by atoms with Gasteiger partial charge in [0.15, 0.2) is 0 Å². The third-order valence-electron chi connectivity index (χ3n) is 3.88. The van der Waals surface area contributed by atoms with E-state index in [0.717, 1.165) is 0 Å². The molecule has 0 fully saturated rings. The van der Waals surface area contributed by atoms with Crippen molar-refractivity contribution >= 4 is 42.6 Å². The van der Waals surface area contributed by atoms with E-state index in [1.165, 1.54) is 11.8 Å². The molecule has 0 aliphatic heterocycles. The Bertz CT molecular complexity index is 582. The van der Waals surface area contributed by atoms with Crippen LogP contribution in [0.2, 0.25) is 6.04 Å². The highest BCUT2D eigenvalue weighted by Gasteiger charge is 2.36. The van der Waals surface area contributed by atoms with Gasteiger partial charge in [0, 0.05) is 64.4 Å². The van der Waals surface area contributed by atoms with E-state index in [1.807, 2.05) is 0 Å². The SMILES string of the molecule is CO[Si](CCCNC(=O)NCCSCC(C)C(=O)NCCS(=O)(=O)O)(OC)OC. The second kappa shape index (κ2) is 15.0. The molecule has 0 spiro atoms. The quantitative estimate of drug-likeness (QED) is 0.136. The number of amides is 3. The first-order chi connectivity index (χ1) is 13.6. The van der Waals surface area contributed by atoms with Crippen molar-refractivity contribution in [1.29, 1.82) is 0 Å². The Balaban J connectivity index is 3.79. The lowest BCUT2D eigenvalue weighted by Gasteiger charge is -2.24. The number of thioether (sulfide) groups is 1. The molecule has 0 saturated carbocycles. The molecule has 0 aliphatic carbocycles. The summed E-state index contributed by atoms with van der Waals surface area (Å²) in [5.74, 6) is 0.0436. The summed E-state index contributed by atoms with van der Waals surface area (Å²) in [6, 6.07) is 0.317. The first-order valence-electron chi connectivity index (χ1n) is 9.07. The zero-order valence-electron chi connectivity index (χ0n) is 17.4. The van der Waals surface area contributed by atoms with E-state index in [0.29, 0.717) is 37.1 Å². The molecule has 0 aromatic rings. The van der Waals surface area contributed by atoms with Crippen molar-refractivity contribution in [3.8, 4) is 0 Å². The number of rotatable bonds is 16. The Morgan fingerprint density at radius 2 is 1.62 bits per heavy atom. The summed E-state index contributed by atoms with van der Waals surface area (Å²) in [7, 11) is -2.07. The van der Waals surface area contributed by atoms with Gasteiger partial charge in [0.05, 0.1) is 5.75 Å². The summed E-state index contributed by atoms with van der Waals surface area (Å²) in [6.07, 6.45) is 0.661. The van der Waals surface area contributed by atoms with Crippen molar-refractivity contribution in [1.82, 2.24) is 16.0 Å². The minimum atomic E-state index is -4.08. The van der Waals surface area contributed by atoms with Crippen LogP contribution in [0.5, 0.6) is 0 Å². The Labute approximate surface area is 178 Å². The fraction of sp³-hybridized carbons (Fsp3) is 0.867. The molecule has 3 amide bonds. The Kier molecular flexibility index (Phi) is 14.5. The lowest BCUT2D eigenvalue weighted by molar-refractivity contribution is -0.123. The monoisotopic (exact) mass is 475 g/mol. The average molecular weight is 476 g/mol. The van der Waals surface area contributed by atoms with E-state index in [4.69, 9.17) is 17.8 Å². The lowest BCUT2D eigenvalue weighted by Crippen LogP contribution is -2.44. The van der Waals surface area contributed by atoms with E-state index >= 15 is 0 Å². The van der Waals surface area contributed by atoms with Gasteiger partial charge in [0.1, 0.15) is 0 Å². The molecule has 0 radical (unpaired) electrons. The Hall–Kier alpha value is -0.903. The largest absolute Gasteiger partial charge is 0.500 e. The fourth-order valence-electron chi connectivity index (χ4n) is 2.18. The molecule has 0 aliphatic rings. The Morgan fingerprint density at radius 3 is 2.17 bits per heavy atom. The van der Waals surface area contributed by atoms with E-state index < -0.39 is 24.7 Å². The molecular formula is C15H33N3O8S2Si. The van der Waals surface area contributed by atoms with Gasteiger partial charge in [-0.25, -0.2) is 4.79 Å². The molecule has 0 aromatic carbocycles.